The van der Waals surface area contributed by atoms with Crippen molar-refractivity contribution in [3.8, 4) is 0 Å². The second-order valence-corrected chi connectivity index (χ2v) is 12.6. The molecule has 0 aliphatic carbocycles. The molecule has 1 atom stereocenters. The van der Waals surface area contributed by atoms with Gasteiger partial charge >= 0.3 is 211 Å². The predicted molar refractivity (Wildman–Crippen MR) is 143 cm³/mol. The molecule has 0 heterocycles. The first-order chi connectivity index (χ1) is 16.4. The number of aryl methyl sites for hydroxylation is 1. The first kappa shape index (κ1) is 26.2. The van der Waals surface area contributed by atoms with E-state index in [1.54, 1.807) is 36.4 Å². The van der Waals surface area contributed by atoms with Crippen LogP contribution in [0, 0.1) is 6.92 Å². The zero-order valence-electron chi connectivity index (χ0n) is 19.7. The number of rotatable bonds is 11. The Morgan fingerprint density at radius 1 is 0.912 bits per heavy atom. The van der Waals surface area contributed by atoms with Crippen LogP contribution in [0.5, 0.6) is 0 Å². The van der Waals surface area contributed by atoms with Crippen LogP contribution in [0.1, 0.15) is 43.7 Å². The van der Waals surface area contributed by atoms with Gasteiger partial charge in [-0.3, -0.25) is 0 Å². The van der Waals surface area contributed by atoms with Gasteiger partial charge in [-0.1, -0.05) is 0 Å². The summed E-state index contributed by atoms with van der Waals surface area (Å²) in [4.78, 5) is 0.348. The van der Waals surface area contributed by atoms with E-state index >= 15 is 0 Å². The number of hydrogen-bond acceptors (Lipinski definition) is 3. The summed E-state index contributed by atoms with van der Waals surface area (Å²) < 4.78 is 29.8. The molecule has 3 rings (SSSR count). The fraction of sp³-hybridized carbons (Fsp3) is 0.241. The van der Waals surface area contributed by atoms with Gasteiger partial charge in [-0.15, -0.1) is 0 Å². The summed E-state index contributed by atoms with van der Waals surface area (Å²) >= 11 is -0.219. The van der Waals surface area contributed by atoms with Crippen molar-refractivity contribution in [2.75, 3.05) is 0 Å². The summed E-state index contributed by atoms with van der Waals surface area (Å²) in [6, 6.07) is 26.5. The Labute approximate surface area is 210 Å². The molecule has 0 fully saturated rings. The van der Waals surface area contributed by atoms with E-state index in [1.807, 2.05) is 67.6 Å². The van der Waals surface area contributed by atoms with Gasteiger partial charge < -0.3 is 0 Å². The zero-order valence-corrected chi connectivity index (χ0v) is 22.3. The summed E-state index contributed by atoms with van der Waals surface area (Å²) in [6.45, 7) is 4.06. The molecule has 178 valence electrons. The van der Waals surface area contributed by atoms with Crippen molar-refractivity contribution in [3.63, 3.8) is 0 Å². The van der Waals surface area contributed by atoms with Gasteiger partial charge in [0, 0.05) is 0 Å². The topological polar surface area (TPSA) is 54.4 Å². The monoisotopic (exact) mass is 540 g/mol. The second-order valence-electron chi connectivity index (χ2n) is 8.19. The Morgan fingerprint density at radius 3 is 2.15 bits per heavy atom. The fourth-order valence-electron chi connectivity index (χ4n) is 3.56. The van der Waals surface area contributed by atoms with Crippen LogP contribution in [-0.2, 0) is 9.84 Å². The van der Waals surface area contributed by atoms with Gasteiger partial charge in [-0.05, 0) is 0 Å². The summed E-state index contributed by atoms with van der Waals surface area (Å²) in [6.07, 6.45) is 5.76. The van der Waals surface area contributed by atoms with Gasteiger partial charge in [-0.25, -0.2) is 0 Å². The van der Waals surface area contributed by atoms with Gasteiger partial charge in [0.25, 0.3) is 0 Å². The van der Waals surface area contributed by atoms with Crippen molar-refractivity contribution in [1.29, 1.82) is 0 Å². The van der Waals surface area contributed by atoms with Crippen molar-refractivity contribution >= 4 is 35.3 Å². The van der Waals surface area contributed by atoms with E-state index in [-0.39, 0.29) is 24.8 Å². The molecular weight excluding hydrogens is 507 g/mol. The molecule has 0 saturated carbocycles. The van der Waals surface area contributed by atoms with E-state index in [4.69, 9.17) is 0 Å². The molecule has 0 aliphatic rings. The SMILES string of the molecule is CCCCC/C([Se]c1ccccc1)=C(\C(O)/C=C/c1ccccc1)S(=O)(=O)c1ccc(C)cc1. The molecule has 3 nitrogen and oxygen atoms in total. The molecule has 0 saturated heterocycles. The van der Waals surface area contributed by atoms with Crippen LogP contribution in [0.2, 0.25) is 0 Å². The van der Waals surface area contributed by atoms with Crippen LogP contribution in [-0.4, -0.2) is 34.6 Å². The standard InChI is InChI=1S/C29H32O3SSe/c1-3-4-7-16-28(34-26-14-10-6-11-15-26)29(27(30)22-19-24-12-8-5-9-13-24)33(31,32)25-20-17-23(2)18-21-25/h5-6,8-15,17-22,27,30H,3-4,7,16H2,1-2H3/b22-19+,29-28-. The van der Waals surface area contributed by atoms with Crippen LogP contribution >= 0.6 is 0 Å². The summed E-state index contributed by atoms with van der Waals surface area (Å²) in [5.41, 5.74) is 1.90. The number of sulfone groups is 1. The minimum atomic E-state index is -3.88. The zero-order chi connectivity index (χ0) is 24.4. The molecule has 0 amide bonds. The Hall–Kier alpha value is -2.43. The van der Waals surface area contributed by atoms with Crippen molar-refractivity contribution in [2.45, 2.75) is 50.5 Å². The van der Waals surface area contributed by atoms with Crippen LogP contribution in [0.25, 0.3) is 6.08 Å². The molecule has 1 unspecified atom stereocenters. The summed E-state index contributed by atoms with van der Waals surface area (Å²) in [5.74, 6) is 0. The molecule has 5 heteroatoms. The normalized spacial score (nSPS) is 13.6. The molecule has 3 aromatic rings. The molecule has 0 aromatic heterocycles. The van der Waals surface area contributed by atoms with E-state index in [9.17, 15) is 13.5 Å². The third-order valence-corrected chi connectivity index (χ3v) is 10.1. The first-order valence-corrected chi connectivity index (χ1v) is 14.8. The number of aliphatic hydroxyl groups excluding tert-OH is 1. The van der Waals surface area contributed by atoms with Gasteiger partial charge in [0.1, 0.15) is 0 Å². The Kier molecular flexibility index (Phi) is 9.91. The van der Waals surface area contributed by atoms with E-state index in [1.165, 1.54) is 0 Å². The van der Waals surface area contributed by atoms with Crippen molar-refractivity contribution in [2.24, 2.45) is 0 Å². The molecule has 0 bridgehead atoms. The Balaban J connectivity index is 2.13. The number of aliphatic hydroxyl groups is 1. The minimum absolute atomic E-state index is 0.128. The third-order valence-electron chi connectivity index (χ3n) is 5.43. The second kappa shape index (κ2) is 12.9. The third kappa shape index (κ3) is 7.28. The van der Waals surface area contributed by atoms with Gasteiger partial charge in [0.15, 0.2) is 0 Å². The van der Waals surface area contributed by atoms with Crippen molar-refractivity contribution in [3.05, 3.63) is 112 Å². The first-order valence-electron chi connectivity index (χ1n) is 11.6. The maximum atomic E-state index is 13.9. The van der Waals surface area contributed by atoms with Crippen LogP contribution in [0.15, 0.2) is 105 Å². The van der Waals surface area contributed by atoms with Gasteiger partial charge in [-0.2, -0.15) is 0 Å². The molecular formula is C29H32O3SSe. The molecule has 0 spiro atoms. The fourth-order valence-corrected chi connectivity index (χ4v) is 8.21. The average molecular weight is 540 g/mol. The molecule has 0 aliphatic heterocycles. The average Bonchev–Trinajstić information content (AvgIpc) is 2.84. The number of benzene rings is 3. The molecule has 0 radical (unpaired) electrons. The predicted octanol–water partition coefficient (Wildman–Crippen LogP) is 5.66. The molecule has 3 aromatic carbocycles. The number of allylic oxidation sites excluding steroid dienone is 1. The van der Waals surface area contributed by atoms with Gasteiger partial charge in [0.2, 0.25) is 0 Å². The van der Waals surface area contributed by atoms with Crippen LogP contribution < -0.4 is 4.46 Å². The molecule has 1 N–H and O–H groups in total. The van der Waals surface area contributed by atoms with Crippen LogP contribution in [0.3, 0.4) is 0 Å². The summed E-state index contributed by atoms with van der Waals surface area (Å²) in [5, 5.41) is 11.3. The molecule has 34 heavy (non-hydrogen) atoms. The Bertz CT molecular complexity index is 1200. The van der Waals surface area contributed by atoms with Gasteiger partial charge in [0.05, 0.1) is 0 Å². The van der Waals surface area contributed by atoms with Crippen molar-refractivity contribution in [1.82, 2.24) is 0 Å². The number of hydrogen-bond donors (Lipinski definition) is 1. The summed E-state index contributed by atoms with van der Waals surface area (Å²) in [7, 11) is -3.88. The van der Waals surface area contributed by atoms with E-state index in [0.29, 0.717) is 6.42 Å². The van der Waals surface area contributed by atoms with E-state index < -0.39 is 15.9 Å². The maximum absolute atomic E-state index is 13.9. The quantitative estimate of drug-likeness (QED) is 0.253. The Morgan fingerprint density at radius 2 is 1.53 bits per heavy atom. The van der Waals surface area contributed by atoms with E-state index in [2.05, 4.69) is 6.92 Å². The van der Waals surface area contributed by atoms with Crippen molar-refractivity contribution < 1.29 is 13.5 Å². The van der Waals surface area contributed by atoms with E-state index in [0.717, 1.165) is 39.3 Å². The van der Waals surface area contributed by atoms with Crippen LogP contribution in [0.4, 0.5) is 0 Å². The number of unbranched alkanes of at least 4 members (excludes halogenated alkanes) is 2.